The molecule has 110 valence electrons. The third kappa shape index (κ3) is 3.68. The van der Waals surface area contributed by atoms with E-state index in [4.69, 9.17) is 4.74 Å². The first-order valence-electron chi connectivity index (χ1n) is 7.12. The Hall–Kier alpha value is -2.26. The van der Waals surface area contributed by atoms with Crippen LogP contribution in [0.3, 0.4) is 0 Å². The largest absolute Gasteiger partial charge is 0.497 e. The molecule has 1 heterocycles. The van der Waals surface area contributed by atoms with Gasteiger partial charge >= 0.3 is 0 Å². The van der Waals surface area contributed by atoms with Crippen LogP contribution in [0.1, 0.15) is 5.56 Å². The first kappa shape index (κ1) is 14.7. The second-order valence-corrected chi connectivity index (χ2v) is 5.88. The number of methoxy groups -OCH3 is 1. The monoisotopic (exact) mass is 307 g/mol. The van der Waals surface area contributed by atoms with Crippen LogP contribution in [0.15, 0.2) is 78.0 Å². The number of thioether (sulfide) groups is 1. The van der Waals surface area contributed by atoms with Crippen molar-refractivity contribution in [2.75, 3.05) is 7.11 Å². The van der Waals surface area contributed by atoms with Crippen LogP contribution in [0.5, 0.6) is 5.75 Å². The molecule has 1 aromatic heterocycles. The van der Waals surface area contributed by atoms with Gasteiger partial charge in [0.2, 0.25) is 0 Å². The van der Waals surface area contributed by atoms with Gasteiger partial charge in [0, 0.05) is 17.5 Å². The van der Waals surface area contributed by atoms with Crippen molar-refractivity contribution in [3.8, 4) is 16.9 Å². The summed E-state index contributed by atoms with van der Waals surface area (Å²) in [6.45, 7) is 0. The first-order valence-corrected chi connectivity index (χ1v) is 8.11. The Morgan fingerprint density at radius 3 is 2.27 bits per heavy atom. The number of ether oxygens (including phenoxy) is 1. The van der Waals surface area contributed by atoms with Gasteiger partial charge in [0.15, 0.2) is 0 Å². The number of hydrogen-bond donors (Lipinski definition) is 0. The minimum Gasteiger partial charge on any atom is -0.497 e. The lowest BCUT2D eigenvalue weighted by Gasteiger charge is -2.05. The predicted molar refractivity (Wildman–Crippen MR) is 92.2 cm³/mol. The molecular formula is C19H17NOS. The molecule has 0 aliphatic rings. The molecule has 0 radical (unpaired) electrons. The summed E-state index contributed by atoms with van der Waals surface area (Å²) in [5.41, 5.74) is 3.61. The van der Waals surface area contributed by atoms with Crippen LogP contribution >= 0.6 is 11.8 Å². The molecule has 2 aromatic carbocycles. The summed E-state index contributed by atoms with van der Waals surface area (Å²) in [6, 6.07) is 22.7. The van der Waals surface area contributed by atoms with E-state index in [9.17, 15) is 0 Å². The Bertz CT molecular complexity index is 709. The summed E-state index contributed by atoms with van der Waals surface area (Å²) in [5, 5.41) is 1.04. The van der Waals surface area contributed by atoms with Crippen LogP contribution in [0.2, 0.25) is 0 Å². The molecule has 3 aromatic rings. The van der Waals surface area contributed by atoms with Crippen LogP contribution in [0, 0.1) is 0 Å². The van der Waals surface area contributed by atoms with Gasteiger partial charge < -0.3 is 4.74 Å². The third-order valence-electron chi connectivity index (χ3n) is 3.39. The van der Waals surface area contributed by atoms with Crippen molar-refractivity contribution in [2.24, 2.45) is 0 Å². The Balaban J connectivity index is 1.63. The molecule has 3 rings (SSSR count). The smallest absolute Gasteiger partial charge is 0.118 e. The molecule has 0 aliphatic heterocycles. The van der Waals surface area contributed by atoms with Gasteiger partial charge in [-0.3, -0.25) is 0 Å². The maximum atomic E-state index is 5.17. The van der Waals surface area contributed by atoms with Crippen LogP contribution in [-0.4, -0.2) is 12.1 Å². The molecule has 22 heavy (non-hydrogen) atoms. The van der Waals surface area contributed by atoms with E-state index >= 15 is 0 Å². The Morgan fingerprint density at radius 2 is 1.64 bits per heavy atom. The van der Waals surface area contributed by atoms with Crippen LogP contribution < -0.4 is 4.74 Å². The van der Waals surface area contributed by atoms with Gasteiger partial charge in [-0.2, -0.15) is 0 Å². The minimum absolute atomic E-state index is 0.888. The van der Waals surface area contributed by atoms with E-state index in [1.807, 2.05) is 36.5 Å². The van der Waals surface area contributed by atoms with Gasteiger partial charge in [0.1, 0.15) is 5.75 Å². The molecule has 0 atom stereocenters. The van der Waals surface area contributed by atoms with E-state index in [1.54, 1.807) is 18.9 Å². The summed E-state index contributed by atoms with van der Waals surface area (Å²) in [4.78, 5) is 4.54. The highest BCUT2D eigenvalue weighted by atomic mass is 32.2. The molecular weight excluding hydrogens is 290 g/mol. The van der Waals surface area contributed by atoms with Crippen molar-refractivity contribution < 1.29 is 4.74 Å². The summed E-state index contributed by atoms with van der Waals surface area (Å²) >= 11 is 1.74. The molecule has 0 saturated carbocycles. The lowest BCUT2D eigenvalue weighted by atomic mass is 10.1. The van der Waals surface area contributed by atoms with Crippen molar-refractivity contribution in [2.45, 2.75) is 10.8 Å². The normalized spacial score (nSPS) is 10.4. The van der Waals surface area contributed by atoms with Crippen LogP contribution in [-0.2, 0) is 5.75 Å². The van der Waals surface area contributed by atoms with Crippen molar-refractivity contribution in [3.63, 3.8) is 0 Å². The number of benzene rings is 2. The zero-order chi connectivity index (χ0) is 15.2. The fraction of sp³-hybridized carbons (Fsp3) is 0.105. The molecule has 0 fully saturated rings. The second-order valence-electron chi connectivity index (χ2n) is 4.89. The third-order valence-corrected chi connectivity index (χ3v) is 4.40. The number of nitrogens with zero attached hydrogens (tertiary/aromatic N) is 1. The minimum atomic E-state index is 0.888. The molecule has 0 unspecified atom stereocenters. The average molecular weight is 307 g/mol. The molecule has 0 saturated heterocycles. The second kappa shape index (κ2) is 7.14. The Morgan fingerprint density at radius 1 is 0.864 bits per heavy atom. The van der Waals surface area contributed by atoms with E-state index in [1.165, 1.54) is 11.1 Å². The van der Waals surface area contributed by atoms with Gasteiger partial charge in [-0.1, -0.05) is 48.5 Å². The number of rotatable bonds is 5. The van der Waals surface area contributed by atoms with E-state index in [0.717, 1.165) is 22.1 Å². The van der Waals surface area contributed by atoms with E-state index < -0.39 is 0 Å². The van der Waals surface area contributed by atoms with Gasteiger partial charge in [0.25, 0.3) is 0 Å². The number of hydrogen-bond acceptors (Lipinski definition) is 3. The summed E-state index contributed by atoms with van der Waals surface area (Å²) in [7, 11) is 1.68. The Kier molecular flexibility index (Phi) is 4.76. The molecule has 2 nitrogen and oxygen atoms in total. The van der Waals surface area contributed by atoms with E-state index in [0.29, 0.717) is 0 Å². The highest BCUT2D eigenvalue weighted by Gasteiger charge is 2.01. The zero-order valence-electron chi connectivity index (χ0n) is 12.4. The lowest BCUT2D eigenvalue weighted by Crippen LogP contribution is -1.86. The van der Waals surface area contributed by atoms with Crippen LogP contribution in [0.4, 0.5) is 0 Å². The topological polar surface area (TPSA) is 22.1 Å². The molecule has 0 amide bonds. The first-order chi connectivity index (χ1) is 10.8. The van der Waals surface area contributed by atoms with Crippen molar-refractivity contribution >= 4 is 11.8 Å². The van der Waals surface area contributed by atoms with Crippen molar-refractivity contribution in [3.05, 3.63) is 78.5 Å². The van der Waals surface area contributed by atoms with Gasteiger partial charge in [-0.15, -0.1) is 11.8 Å². The highest BCUT2D eigenvalue weighted by Crippen LogP contribution is 2.25. The standard InChI is InChI=1S/C19H17NOS/c1-21-18-10-7-15(8-11-18)14-22-19-12-9-17(13-20-19)16-5-3-2-4-6-16/h2-13H,14H2,1H3. The maximum Gasteiger partial charge on any atom is 0.118 e. The maximum absolute atomic E-state index is 5.17. The molecule has 0 N–H and O–H groups in total. The number of aromatic nitrogens is 1. The van der Waals surface area contributed by atoms with Gasteiger partial charge in [0.05, 0.1) is 12.1 Å². The molecule has 0 bridgehead atoms. The lowest BCUT2D eigenvalue weighted by molar-refractivity contribution is 0.414. The van der Waals surface area contributed by atoms with E-state index in [-0.39, 0.29) is 0 Å². The average Bonchev–Trinajstić information content (AvgIpc) is 2.61. The van der Waals surface area contributed by atoms with Crippen molar-refractivity contribution in [1.82, 2.24) is 4.98 Å². The predicted octanol–water partition coefficient (Wildman–Crippen LogP) is 5.05. The summed E-state index contributed by atoms with van der Waals surface area (Å²) < 4.78 is 5.17. The molecule has 0 spiro atoms. The molecule has 0 aliphatic carbocycles. The molecule has 3 heteroatoms. The SMILES string of the molecule is COc1ccc(CSc2ccc(-c3ccccc3)cn2)cc1. The van der Waals surface area contributed by atoms with E-state index in [2.05, 4.69) is 41.4 Å². The fourth-order valence-electron chi connectivity index (χ4n) is 2.15. The quantitative estimate of drug-likeness (QED) is 0.616. The van der Waals surface area contributed by atoms with Gasteiger partial charge in [-0.05, 0) is 29.3 Å². The van der Waals surface area contributed by atoms with Gasteiger partial charge in [-0.25, -0.2) is 4.98 Å². The summed E-state index contributed by atoms with van der Waals surface area (Å²) in [6.07, 6.45) is 1.94. The van der Waals surface area contributed by atoms with Crippen LogP contribution in [0.25, 0.3) is 11.1 Å². The zero-order valence-corrected chi connectivity index (χ0v) is 13.2. The highest BCUT2D eigenvalue weighted by molar-refractivity contribution is 7.98. The number of pyridine rings is 1. The van der Waals surface area contributed by atoms with Crippen molar-refractivity contribution in [1.29, 1.82) is 0 Å². The summed E-state index contributed by atoms with van der Waals surface area (Å²) in [5.74, 6) is 1.79. The Labute approximate surface area is 135 Å². The fourth-order valence-corrected chi connectivity index (χ4v) is 2.94.